The van der Waals surface area contributed by atoms with E-state index in [-0.39, 0.29) is 21.3 Å². The first-order chi connectivity index (χ1) is 10.9. The first-order valence-corrected chi connectivity index (χ1v) is 8.22. The van der Waals surface area contributed by atoms with E-state index in [0.717, 1.165) is 24.3 Å². The SMILES string of the molecule is C=C/C(O)=C\C=C(/C=C)S(=O)(=O)/C(C=C)=C/C=C(\C=C)OSF. The summed E-state index contributed by atoms with van der Waals surface area (Å²) in [5.74, 6) is -0.175. The van der Waals surface area contributed by atoms with Crippen LogP contribution in [0.1, 0.15) is 0 Å². The lowest BCUT2D eigenvalue weighted by molar-refractivity contribution is 0.433. The molecule has 0 spiro atoms. The molecule has 0 atom stereocenters. The average molecular weight is 356 g/mol. The molecule has 0 aliphatic carbocycles. The molecule has 0 radical (unpaired) electrons. The molecule has 0 saturated heterocycles. The minimum atomic E-state index is -3.92. The predicted molar refractivity (Wildman–Crippen MR) is 94.5 cm³/mol. The van der Waals surface area contributed by atoms with Gasteiger partial charge in [-0.25, -0.2) is 8.42 Å². The molecule has 0 aromatic carbocycles. The predicted octanol–water partition coefficient (Wildman–Crippen LogP) is 4.79. The molecule has 0 aliphatic rings. The smallest absolute Gasteiger partial charge is 0.272 e. The van der Waals surface area contributed by atoms with Gasteiger partial charge in [-0.15, -0.1) is 3.89 Å². The van der Waals surface area contributed by atoms with Gasteiger partial charge >= 0.3 is 0 Å². The fraction of sp³-hybridized carbons (Fsp3) is 0. The first kappa shape index (κ1) is 20.8. The van der Waals surface area contributed by atoms with Crippen LogP contribution in [-0.2, 0) is 14.0 Å². The second kappa shape index (κ2) is 10.5. The van der Waals surface area contributed by atoms with Gasteiger partial charge in [0.25, 0.3) is 12.4 Å². The van der Waals surface area contributed by atoms with Gasteiger partial charge in [0, 0.05) is 0 Å². The molecule has 0 heterocycles. The fourth-order valence-electron chi connectivity index (χ4n) is 1.24. The summed E-state index contributed by atoms with van der Waals surface area (Å²) in [5, 5.41) is 9.29. The maximum atomic E-state index is 12.5. The van der Waals surface area contributed by atoms with Crippen molar-refractivity contribution in [3.05, 3.63) is 96.3 Å². The summed E-state index contributed by atoms with van der Waals surface area (Å²) in [6.07, 6.45) is 9.34. The van der Waals surface area contributed by atoms with E-state index in [1.165, 1.54) is 24.3 Å². The van der Waals surface area contributed by atoms with Crippen molar-refractivity contribution in [2.75, 3.05) is 0 Å². The van der Waals surface area contributed by atoms with Gasteiger partial charge in [-0.2, -0.15) is 0 Å². The van der Waals surface area contributed by atoms with E-state index in [4.69, 9.17) is 0 Å². The molecular weight excluding hydrogens is 339 g/mol. The van der Waals surface area contributed by atoms with E-state index in [0.29, 0.717) is 0 Å². The topological polar surface area (TPSA) is 63.6 Å². The summed E-state index contributed by atoms with van der Waals surface area (Å²) in [6, 6.07) is 0. The summed E-state index contributed by atoms with van der Waals surface area (Å²) in [5.41, 5.74) is 0. The molecule has 23 heavy (non-hydrogen) atoms. The van der Waals surface area contributed by atoms with E-state index in [1.54, 1.807) is 0 Å². The van der Waals surface area contributed by atoms with E-state index >= 15 is 0 Å². The minimum Gasteiger partial charge on any atom is -0.508 e. The molecular formula is C16H17FO4S2. The Labute approximate surface area is 140 Å². The third-order valence-electron chi connectivity index (χ3n) is 2.39. The molecule has 0 saturated carbocycles. The van der Waals surface area contributed by atoms with E-state index < -0.39 is 22.3 Å². The van der Waals surface area contributed by atoms with Crippen LogP contribution in [0, 0.1) is 0 Å². The highest BCUT2D eigenvalue weighted by atomic mass is 32.2. The molecule has 0 fully saturated rings. The summed E-state index contributed by atoms with van der Waals surface area (Å²) in [7, 11) is -3.92. The van der Waals surface area contributed by atoms with Crippen LogP contribution in [0.25, 0.3) is 0 Å². The highest BCUT2D eigenvalue weighted by Crippen LogP contribution is 2.21. The van der Waals surface area contributed by atoms with Crippen LogP contribution in [0.2, 0.25) is 0 Å². The first-order valence-electron chi connectivity index (χ1n) is 6.10. The maximum absolute atomic E-state index is 12.5. The lowest BCUT2D eigenvalue weighted by Gasteiger charge is -2.05. The van der Waals surface area contributed by atoms with Gasteiger partial charge in [-0.3, -0.25) is 0 Å². The van der Waals surface area contributed by atoms with Crippen molar-refractivity contribution in [1.29, 1.82) is 0 Å². The number of sulfone groups is 1. The van der Waals surface area contributed by atoms with Crippen LogP contribution in [0.4, 0.5) is 3.89 Å². The second-order valence-electron chi connectivity index (χ2n) is 3.76. The van der Waals surface area contributed by atoms with Gasteiger partial charge in [0.1, 0.15) is 11.5 Å². The Bertz CT molecular complexity index is 696. The lowest BCUT2D eigenvalue weighted by atomic mass is 10.4. The molecule has 0 unspecified atom stereocenters. The molecule has 7 heteroatoms. The molecule has 0 rings (SSSR count). The van der Waals surface area contributed by atoms with E-state index in [2.05, 4.69) is 30.5 Å². The minimum absolute atomic E-state index is 0.0281. The summed E-state index contributed by atoms with van der Waals surface area (Å²) < 4.78 is 41.5. The average Bonchev–Trinajstić information content (AvgIpc) is 2.54. The summed E-state index contributed by atoms with van der Waals surface area (Å²) in [6.45, 7) is 13.6. The normalized spacial score (nSPS) is 14.1. The number of rotatable bonds is 10. The molecule has 0 aromatic heterocycles. The van der Waals surface area contributed by atoms with E-state index in [1.807, 2.05) is 0 Å². The van der Waals surface area contributed by atoms with Gasteiger partial charge < -0.3 is 9.29 Å². The molecule has 1 N–H and O–H groups in total. The molecule has 0 aliphatic heterocycles. The van der Waals surface area contributed by atoms with Crippen LogP contribution >= 0.6 is 12.4 Å². The Morgan fingerprint density at radius 2 is 1.43 bits per heavy atom. The van der Waals surface area contributed by atoms with Crippen molar-refractivity contribution in [2.45, 2.75) is 0 Å². The van der Waals surface area contributed by atoms with Gasteiger partial charge in [0.05, 0.1) is 9.81 Å². The third-order valence-corrected chi connectivity index (χ3v) is 4.49. The van der Waals surface area contributed by atoms with Crippen LogP contribution in [0.5, 0.6) is 0 Å². The quantitative estimate of drug-likeness (QED) is 0.346. The van der Waals surface area contributed by atoms with Gasteiger partial charge in [-0.05, 0) is 36.5 Å². The standard InChI is InChI=1S/C16H17FO4S2/c1-5-13(18)9-11-15(7-3)23(19,20)16(8-4)12-10-14(6-2)21-22-17/h5-12,18H,1-4H2/b13-9+,14-10+,15-11+,16-12+. The highest BCUT2D eigenvalue weighted by Gasteiger charge is 2.18. The van der Waals surface area contributed by atoms with E-state index in [9.17, 15) is 17.4 Å². The van der Waals surface area contributed by atoms with Gasteiger partial charge in [0.15, 0.2) is 0 Å². The monoisotopic (exact) mass is 356 g/mol. The zero-order chi connectivity index (χ0) is 17.9. The molecule has 0 aromatic rings. The molecule has 0 amide bonds. The Morgan fingerprint density at radius 3 is 1.83 bits per heavy atom. The Balaban J connectivity index is 5.91. The number of allylic oxidation sites excluding steroid dienone is 8. The van der Waals surface area contributed by atoms with Gasteiger partial charge in [-0.1, -0.05) is 38.5 Å². The van der Waals surface area contributed by atoms with Crippen LogP contribution in [-0.4, -0.2) is 13.5 Å². The summed E-state index contributed by atoms with van der Waals surface area (Å²) >= 11 is -0.391. The molecule has 4 nitrogen and oxygen atoms in total. The summed E-state index contributed by atoms with van der Waals surface area (Å²) in [4.78, 5) is -0.326. The Morgan fingerprint density at radius 1 is 0.913 bits per heavy atom. The number of hydrogen-bond donors (Lipinski definition) is 1. The second-order valence-corrected chi connectivity index (χ2v) is 6.01. The van der Waals surface area contributed by atoms with Crippen LogP contribution < -0.4 is 0 Å². The zero-order valence-electron chi connectivity index (χ0n) is 12.3. The fourth-order valence-corrected chi connectivity index (χ4v) is 2.64. The van der Waals surface area contributed by atoms with Crippen molar-refractivity contribution < 1.29 is 21.6 Å². The van der Waals surface area contributed by atoms with Crippen molar-refractivity contribution in [2.24, 2.45) is 0 Å². The van der Waals surface area contributed by atoms with Crippen molar-refractivity contribution in [3.8, 4) is 0 Å². The lowest BCUT2D eigenvalue weighted by Crippen LogP contribution is -2.04. The molecule has 124 valence electrons. The Hall–Kier alpha value is -2.25. The van der Waals surface area contributed by atoms with Gasteiger partial charge in [0.2, 0.25) is 9.84 Å². The largest absolute Gasteiger partial charge is 0.508 e. The number of halogens is 1. The molecule has 0 bridgehead atoms. The number of aliphatic hydroxyl groups is 1. The van der Waals surface area contributed by atoms with Crippen LogP contribution in [0.3, 0.4) is 0 Å². The third kappa shape index (κ3) is 6.58. The zero-order valence-corrected chi connectivity index (χ0v) is 13.9. The van der Waals surface area contributed by atoms with Crippen molar-refractivity contribution in [1.82, 2.24) is 0 Å². The number of hydrogen-bond acceptors (Lipinski definition) is 5. The van der Waals surface area contributed by atoms with Crippen molar-refractivity contribution in [3.63, 3.8) is 0 Å². The highest BCUT2D eigenvalue weighted by molar-refractivity contribution is 7.99. The Kier molecular flexibility index (Phi) is 9.45. The van der Waals surface area contributed by atoms with Crippen molar-refractivity contribution >= 4 is 22.3 Å². The van der Waals surface area contributed by atoms with Crippen LogP contribution in [0.15, 0.2) is 96.3 Å². The number of aliphatic hydroxyl groups excluding tert-OH is 1. The maximum Gasteiger partial charge on any atom is 0.272 e.